The van der Waals surface area contributed by atoms with Crippen LogP contribution in [0.2, 0.25) is 0 Å². The Morgan fingerprint density at radius 2 is 1.91 bits per heavy atom. The van der Waals surface area contributed by atoms with Crippen LogP contribution in [0.1, 0.15) is 5.56 Å². The summed E-state index contributed by atoms with van der Waals surface area (Å²) in [4.78, 5) is 10.8. The maximum atomic E-state index is 10.8. The third-order valence-electron chi connectivity index (χ3n) is 2.42. The van der Waals surface area contributed by atoms with Crippen LogP contribution in [0, 0.1) is 11.8 Å². The van der Waals surface area contributed by atoms with Crippen molar-refractivity contribution >= 4 is 5.97 Å². The molecule has 1 aromatic carbocycles. The van der Waals surface area contributed by atoms with Crippen LogP contribution in [0.5, 0.6) is 5.75 Å². The summed E-state index contributed by atoms with van der Waals surface area (Å²) in [5, 5.41) is 8.78. The minimum atomic E-state index is -1.35. The number of carbonyl (C=O) groups is 1. The fraction of sp³-hybridized carbons (Fsp3) is 0. The maximum absolute atomic E-state index is 10.8. The van der Waals surface area contributed by atoms with Gasteiger partial charge in [-0.2, -0.15) is 0 Å². The number of nitrogens with two attached hydrogens (primary N) is 4. The highest BCUT2D eigenvalue weighted by molar-refractivity contribution is 5.85. The van der Waals surface area contributed by atoms with Crippen molar-refractivity contribution < 1.29 is 14.6 Å². The van der Waals surface area contributed by atoms with Crippen LogP contribution in [-0.2, 0) is 4.79 Å². The summed E-state index contributed by atoms with van der Waals surface area (Å²) >= 11 is 0. The van der Waals surface area contributed by atoms with Crippen LogP contribution in [0.3, 0.4) is 0 Å². The minimum Gasteiger partial charge on any atom is -0.476 e. The number of carboxylic acids is 1. The van der Waals surface area contributed by atoms with E-state index in [1.165, 1.54) is 6.20 Å². The van der Waals surface area contributed by atoms with Gasteiger partial charge in [0.15, 0.2) is 5.70 Å². The van der Waals surface area contributed by atoms with Crippen LogP contribution >= 0.6 is 0 Å². The molecule has 0 aliphatic heterocycles. The molecule has 8 heteroatoms. The van der Waals surface area contributed by atoms with Gasteiger partial charge in [0, 0.05) is 5.56 Å². The van der Waals surface area contributed by atoms with Gasteiger partial charge in [0.25, 0.3) is 0 Å². The first-order chi connectivity index (χ1) is 11.0. The van der Waals surface area contributed by atoms with Crippen molar-refractivity contribution in [1.82, 2.24) is 5.43 Å². The number of aliphatic carboxylic acids is 1. The summed E-state index contributed by atoms with van der Waals surface area (Å²) < 4.78 is 5.25. The summed E-state index contributed by atoms with van der Waals surface area (Å²) in [5.41, 5.74) is 18.7. The molecule has 0 saturated carbocycles. The number of nitrogens with one attached hydrogen (secondary N) is 1. The van der Waals surface area contributed by atoms with E-state index in [4.69, 9.17) is 32.9 Å². The van der Waals surface area contributed by atoms with Crippen molar-refractivity contribution in [2.45, 2.75) is 0 Å². The van der Waals surface area contributed by atoms with Gasteiger partial charge in [-0.1, -0.05) is 5.92 Å². The van der Waals surface area contributed by atoms with Gasteiger partial charge in [-0.25, -0.2) is 10.6 Å². The first-order valence-corrected chi connectivity index (χ1v) is 6.31. The van der Waals surface area contributed by atoms with Crippen molar-refractivity contribution in [3.05, 3.63) is 65.5 Å². The number of ether oxygens (including phenoxy) is 1. The number of rotatable bonds is 5. The second-order valence-corrected chi connectivity index (χ2v) is 4.08. The molecule has 1 aromatic rings. The first kappa shape index (κ1) is 17.5. The number of hydrogen-bond acceptors (Lipinski definition) is 7. The van der Waals surface area contributed by atoms with E-state index in [-0.39, 0.29) is 5.88 Å². The molecule has 8 nitrogen and oxygen atoms in total. The molecular weight excluding hydrogens is 298 g/mol. The number of hydrazine groups is 1. The van der Waals surface area contributed by atoms with Crippen LogP contribution < -0.4 is 33.2 Å². The van der Waals surface area contributed by atoms with E-state index < -0.39 is 11.7 Å². The highest BCUT2D eigenvalue weighted by Gasteiger charge is 2.11. The Morgan fingerprint density at radius 3 is 2.43 bits per heavy atom. The van der Waals surface area contributed by atoms with Gasteiger partial charge < -0.3 is 27.0 Å². The van der Waals surface area contributed by atoms with Gasteiger partial charge in [0.05, 0.1) is 5.70 Å². The predicted octanol–water partition coefficient (Wildman–Crippen LogP) is -0.592. The molecule has 0 radical (unpaired) electrons. The van der Waals surface area contributed by atoms with Crippen molar-refractivity contribution in [2.24, 2.45) is 23.0 Å². The van der Waals surface area contributed by atoms with Gasteiger partial charge in [0.1, 0.15) is 5.75 Å². The molecule has 1 rings (SSSR count). The Morgan fingerprint density at radius 1 is 1.26 bits per heavy atom. The lowest BCUT2D eigenvalue weighted by atomic mass is 10.2. The van der Waals surface area contributed by atoms with Gasteiger partial charge in [-0.3, -0.25) is 5.43 Å². The van der Waals surface area contributed by atoms with E-state index in [1.54, 1.807) is 36.4 Å². The number of allylic oxidation sites excluding steroid dienone is 3. The molecule has 120 valence electrons. The van der Waals surface area contributed by atoms with E-state index in [9.17, 15) is 4.79 Å². The molecule has 0 aliphatic carbocycles. The summed E-state index contributed by atoms with van der Waals surface area (Å²) in [6.07, 6.45) is 4.49. The second kappa shape index (κ2) is 8.66. The van der Waals surface area contributed by atoms with Crippen molar-refractivity contribution in [1.29, 1.82) is 0 Å². The highest BCUT2D eigenvalue weighted by Crippen LogP contribution is 2.14. The lowest BCUT2D eigenvalue weighted by Gasteiger charge is -2.10. The van der Waals surface area contributed by atoms with Gasteiger partial charge in [-0.05, 0) is 48.5 Å². The number of hydrogen-bond donors (Lipinski definition) is 6. The predicted molar refractivity (Wildman–Crippen MR) is 85.7 cm³/mol. The maximum Gasteiger partial charge on any atom is 0.357 e. The minimum absolute atomic E-state index is 0.267. The average Bonchev–Trinajstić information content (AvgIpc) is 2.56. The zero-order valence-electron chi connectivity index (χ0n) is 12.1. The van der Waals surface area contributed by atoms with Crippen LogP contribution in [0.15, 0.2) is 59.9 Å². The summed E-state index contributed by atoms with van der Waals surface area (Å²) in [6, 6.07) is 6.49. The number of benzene rings is 1. The fourth-order valence-corrected chi connectivity index (χ4v) is 1.33. The third-order valence-corrected chi connectivity index (χ3v) is 2.42. The largest absolute Gasteiger partial charge is 0.476 e. The zero-order valence-corrected chi connectivity index (χ0v) is 12.1. The summed E-state index contributed by atoms with van der Waals surface area (Å²) in [6.45, 7) is 0. The van der Waals surface area contributed by atoms with Crippen molar-refractivity contribution in [2.75, 3.05) is 0 Å². The Balaban J connectivity index is 2.88. The van der Waals surface area contributed by atoms with E-state index >= 15 is 0 Å². The van der Waals surface area contributed by atoms with Crippen molar-refractivity contribution in [3.8, 4) is 17.6 Å². The Labute approximate surface area is 133 Å². The lowest BCUT2D eigenvalue weighted by Crippen LogP contribution is -2.31. The molecule has 0 heterocycles. The summed E-state index contributed by atoms with van der Waals surface area (Å²) in [5.74, 6) is 9.48. The molecule has 0 unspecified atom stereocenters. The molecular formula is C15H17N5O3. The normalized spacial score (nSPS) is 12.1. The molecule has 10 N–H and O–H groups in total. The molecule has 0 bridgehead atoms. The molecule has 0 fully saturated rings. The third kappa shape index (κ3) is 5.74. The molecule has 0 atom stereocenters. The SMILES string of the molecule is N/C=C\C=C(/N)C#Cc1ccc(O/C(NN)=C(/N)C(=O)O)cc1. The zero-order chi connectivity index (χ0) is 17.2. The quantitative estimate of drug-likeness (QED) is 0.105. The highest BCUT2D eigenvalue weighted by atomic mass is 16.5. The topological polar surface area (TPSA) is 163 Å². The van der Waals surface area contributed by atoms with Gasteiger partial charge >= 0.3 is 5.97 Å². The molecule has 0 amide bonds. The lowest BCUT2D eigenvalue weighted by molar-refractivity contribution is -0.132. The van der Waals surface area contributed by atoms with E-state index in [2.05, 4.69) is 17.3 Å². The molecule has 0 saturated heterocycles. The number of carboxylic acid groups (broad SMARTS) is 1. The fourth-order valence-electron chi connectivity index (χ4n) is 1.33. The molecule has 23 heavy (non-hydrogen) atoms. The van der Waals surface area contributed by atoms with Crippen LogP contribution in [0.25, 0.3) is 0 Å². The van der Waals surface area contributed by atoms with Crippen LogP contribution in [-0.4, -0.2) is 11.1 Å². The molecule has 0 aliphatic rings. The first-order valence-electron chi connectivity index (χ1n) is 6.31. The van der Waals surface area contributed by atoms with Crippen LogP contribution in [0.4, 0.5) is 0 Å². The Kier molecular flexibility index (Phi) is 6.58. The standard InChI is InChI=1S/C15H17N5O3/c16-9-1-2-11(17)6-3-10-4-7-12(8-5-10)23-14(20-19)13(18)15(21)22/h1-2,4-5,7-9,20H,16-19H2,(H,21,22)/b9-1-,11-2-,14-13+. The Hall–Kier alpha value is -3.57. The average molecular weight is 315 g/mol. The van der Waals surface area contributed by atoms with Gasteiger partial charge in [-0.15, -0.1) is 0 Å². The van der Waals surface area contributed by atoms with E-state index in [0.29, 0.717) is 17.0 Å². The van der Waals surface area contributed by atoms with Crippen molar-refractivity contribution in [3.63, 3.8) is 0 Å². The van der Waals surface area contributed by atoms with E-state index in [0.717, 1.165) is 0 Å². The monoisotopic (exact) mass is 315 g/mol. The Bertz CT molecular complexity index is 709. The summed E-state index contributed by atoms with van der Waals surface area (Å²) in [7, 11) is 0. The molecule has 0 aromatic heterocycles. The van der Waals surface area contributed by atoms with Gasteiger partial charge in [0.2, 0.25) is 5.88 Å². The van der Waals surface area contributed by atoms with E-state index in [1.807, 2.05) is 0 Å². The smallest absolute Gasteiger partial charge is 0.357 e. The second-order valence-electron chi connectivity index (χ2n) is 4.08. The molecule has 0 spiro atoms.